The van der Waals surface area contributed by atoms with Crippen molar-refractivity contribution in [2.24, 2.45) is 5.73 Å². The number of amides is 2. The number of likely N-dealkylation sites (N-methyl/N-ethyl adjacent to an activating group) is 1. The molecule has 1 saturated heterocycles. The summed E-state index contributed by atoms with van der Waals surface area (Å²) in [4.78, 5) is 29.1. The second-order valence-electron chi connectivity index (χ2n) is 7.53. The minimum Gasteiger partial charge on any atom is -0.454 e. The first kappa shape index (κ1) is 17.6. The highest BCUT2D eigenvalue weighted by Crippen LogP contribution is 2.44. The molecule has 2 aromatic rings. The summed E-state index contributed by atoms with van der Waals surface area (Å²) in [6.45, 7) is 0.211. The van der Waals surface area contributed by atoms with Crippen molar-refractivity contribution in [1.82, 2.24) is 9.80 Å². The number of piperazine rings is 1. The van der Waals surface area contributed by atoms with E-state index in [9.17, 15) is 9.59 Å². The number of nitrogens with zero attached hydrogens (tertiary/aromatic N) is 2. The zero-order valence-corrected chi connectivity index (χ0v) is 16.0. The molecule has 0 bridgehead atoms. The summed E-state index contributed by atoms with van der Waals surface area (Å²) in [5.41, 5.74) is 9.91. The van der Waals surface area contributed by atoms with Crippen LogP contribution >= 0.6 is 0 Å². The zero-order valence-electron chi connectivity index (χ0n) is 16.0. The average molecular weight is 391 g/mol. The number of rotatable bonds is 2. The number of hydrogen-bond donors (Lipinski definition) is 1. The van der Waals surface area contributed by atoms with E-state index in [1.165, 1.54) is 4.90 Å². The summed E-state index contributed by atoms with van der Waals surface area (Å²) in [7, 11) is 1.66. The molecule has 3 heterocycles. The smallest absolute Gasteiger partial charge is 0.245 e. The molecule has 0 saturated carbocycles. The fraction of sp³-hybridized carbons (Fsp3) is 0.273. The van der Waals surface area contributed by atoms with E-state index in [1.807, 2.05) is 48.5 Å². The van der Waals surface area contributed by atoms with Gasteiger partial charge in [0.25, 0.3) is 0 Å². The second-order valence-corrected chi connectivity index (χ2v) is 7.53. The minimum atomic E-state index is -0.584. The lowest BCUT2D eigenvalue weighted by molar-refractivity contribution is -0.156. The van der Waals surface area contributed by atoms with Gasteiger partial charge in [0.05, 0.1) is 12.6 Å². The number of benzene rings is 2. The van der Waals surface area contributed by atoms with Gasteiger partial charge in [-0.25, -0.2) is 0 Å². The van der Waals surface area contributed by atoms with Crippen LogP contribution in [0.5, 0.6) is 11.5 Å². The number of ether oxygens (including phenoxy) is 2. The van der Waals surface area contributed by atoms with Gasteiger partial charge in [-0.2, -0.15) is 0 Å². The van der Waals surface area contributed by atoms with Crippen LogP contribution < -0.4 is 15.2 Å². The summed E-state index contributed by atoms with van der Waals surface area (Å²) in [5, 5.41) is 0. The highest BCUT2D eigenvalue weighted by molar-refractivity contribution is 5.97. The Labute approximate surface area is 168 Å². The molecule has 2 unspecified atom stereocenters. The summed E-state index contributed by atoms with van der Waals surface area (Å²) >= 11 is 0. The fourth-order valence-corrected chi connectivity index (χ4v) is 4.39. The van der Waals surface area contributed by atoms with E-state index in [1.54, 1.807) is 11.9 Å². The molecule has 0 aliphatic carbocycles. The third kappa shape index (κ3) is 2.73. The number of hydrogen-bond acceptors (Lipinski definition) is 5. The van der Waals surface area contributed by atoms with Crippen LogP contribution in [0.4, 0.5) is 0 Å². The number of carbonyl (C=O) groups is 2. The topological polar surface area (TPSA) is 85.1 Å². The lowest BCUT2D eigenvalue weighted by Crippen LogP contribution is -2.61. The maximum Gasteiger partial charge on any atom is 0.245 e. The van der Waals surface area contributed by atoms with Crippen LogP contribution in [0.2, 0.25) is 0 Å². The lowest BCUT2D eigenvalue weighted by Gasteiger charge is -2.47. The maximum atomic E-state index is 13.0. The van der Waals surface area contributed by atoms with Gasteiger partial charge in [0, 0.05) is 19.2 Å². The Hall–Kier alpha value is -3.48. The maximum absolute atomic E-state index is 13.0. The first-order chi connectivity index (χ1) is 14.0. The first-order valence-corrected chi connectivity index (χ1v) is 9.54. The Bertz CT molecular complexity index is 1030. The van der Waals surface area contributed by atoms with E-state index in [0.717, 1.165) is 16.7 Å². The Balaban J connectivity index is 1.68. The van der Waals surface area contributed by atoms with E-state index in [-0.39, 0.29) is 25.2 Å². The van der Waals surface area contributed by atoms with Crippen LogP contribution in [0.25, 0.3) is 5.57 Å². The zero-order chi connectivity index (χ0) is 20.1. The van der Waals surface area contributed by atoms with Crippen LogP contribution in [0.15, 0.2) is 54.2 Å². The Kier molecular flexibility index (Phi) is 3.97. The van der Waals surface area contributed by atoms with Gasteiger partial charge in [0.2, 0.25) is 18.6 Å². The molecular weight excluding hydrogens is 370 g/mol. The van der Waals surface area contributed by atoms with Crippen LogP contribution in [-0.4, -0.2) is 48.0 Å². The number of carbonyl (C=O) groups excluding carboxylic acids is 2. The van der Waals surface area contributed by atoms with Gasteiger partial charge < -0.3 is 25.0 Å². The quantitative estimate of drug-likeness (QED) is 0.845. The Morgan fingerprint density at radius 2 is 1.79 bits per heavy atom. The number of nitrogens with two attached hydrogens (primary N) is 1. The third-order valence-corrected chi connectivity index (χ3v) is 5.81. The molecule has 29 heavy (non-hydrogen) atoms. The van der Waals surface area contributed by atoms with Gasteiger partial charge >= 0.3 is 0 Å². The molecule has 7 nitrogen and oxygen atoms in total. The summed E-state index contributed by atoms with van der Waals surface area (Å²) in [6.07, 6.45) is 0.395. The van der Waals surface area contributed by atoms with E-state index in [0.29, 0.717) is 23.6 Å². The van der Waals surface area contributed by atoms with Crippen molar-refractivity contribution in [1.29, 1.82) is 0 Å². The predicted molar refractivity (Wildman–Crippen MR) is 106 cm³/mol. The summed E-state index contributed by atoms with van der Waals surface area (Å²) in [5.74, 6) is 1.09. The molecular formula is C22H21N3O4. The van der Waals surface area contributed by atoms with Gasteiger partial charge in [-0.3, -0.25) is 9.59 Å². The molecule has 2 amide bonds. The largest absolute Gasteiger partial charge is 0.454 e. The van der Waals surface area contributed by atoms with E-state index < -0.39 is 12.1 Å². The molecule has 3 aliphatic rings. The average Bonchev–Trinajstić information content (AvgIpc) is 3.20. The van der Waals surface area contributed by atoms with Crippen molar-refractivity contribution >= 4 is 17.4 Å². The standard InChI is InChI=1S/C22H21N3O4/c1-24-11-19(26)25-16(22(24)27)10-15(13-5-3-2-4-6-13)20(23)21(25)14-7-8-17-18(9-14)29-12-28-17/h2-9,16,21H,10-12,23H2,1H3. The first-order valence-electron chi connectivity index (χ1n) is 9.54. The Morgan fingerprint density at radius 1 is 1.03 bits per heavy atom. The van der Waals surface area contributed by atoms with E-state index >= 15 is 0 Å². The molecule has 0 spiro atoms. The summed E-state index contributed by atoms with van der Waals surface area (Å²) < 4.78 is 10.9. The van der Waals surface area contributed by atoms with Gasteiger partial charge in [0.1, 0.15) is 6.04 Å². The van der Waals surface area contributed by atoms with Crippen molar-refractivity contribution in [3.8, 4) is 11.5 Å². The Morgan fingerprint density at radius 3 is 2.59 bits per heavy atom. The van der Waals surface area contributed by atoms with Crippen LogP contribution in [-0.2, 0) is 9.59 Å². The monoisotopic (exact) mass is 391 g/mol. The van der Waals surface area contributed by atoms with Crippen molar-refractivity contribution < 1.29 is 19.1 Å². The third-order valence-electron chi connectivity index (χ3n) is 5.81. The van der Waals surface area contributed by atoms with Crippen LogP contribution in [0.3, 0.4) is 0 Å². The molecule has 0 radical (unpaired) electrons. The molecule has 2 atom stereocenters. The van der Waals surface area contributed by atoms with Gasteiger partial charge in [0.15, 0.2) is 11.5 Å². The molecule has 7 heteroatoms. The van der Waals surface area contributed by atoms with E-state index in [4.69, 9.17) is 15.2 Å². The second kappa shape index (κ2) is 6.55. The van der Waals surface area contributed by atoms with Crippen molar-refractivity contribution in [2.75, 3.05) is 20.4 Å². The molecule has 2 aromatic carbocycles. The lowest BCUT2D eigenvalue weighted by atomic mass is 9.84. The molecule has 0 aromatic heterocycles. The highest BCUT2D eigenvalue weighted by Gasteiger charge is 2.47. The molecule has 5 rings (SSSR count). The van der Waals surface area contributed by atoms with Crippen molar-refractivity contribution in [2.45, 2.75) is 18.5 Å². The van der Waals surface area contributed by atoms with Gasteiger partial charge in [-0.1, -0.05) is 36.4 Å². The molecule has 1 fully saturated rings. The molecule has 3 aliphatic heterocycles. The van der Waals surface area contributed by atoms with Crippen molar-refractivity contribution in [3.63, 3.8) is 0 Å². The molecule has 2 N–H and O–H groups in total. The van der Waals surface area contributed by atoms with Crippen LogP contribution in [0.1, 0.15) is 23.6 Å². The fourth-order valence-electron chi connectivity index (χ4n) is 4.39. The predicted octanol–water partition coefficient (Wildman–Crippen LogP) is 1.90. The molecule has 148 valence electrons. The van der Waals surface area contributed by atoms with Crippen molar-refractivity contribution in [3.05, 3.63) is 65.4 Å². The number of fused-ring (bicyclic) bond motifs is 2. The normalized spacial score (nSPS) is 23.5. The van der Waals surface area contributed by atoms with Gasteiger partial charge in [-0.05, 0) is 28.8 Å². The highest BCUT2D eigenvalue weighted by atomic mass is 16.7. The summed E-state index contributed by atoms with van der Waals surface area (Å²) in [6, 6.07) is 14.2. The minimum absolute atomic E-state index is 0.0460. The van der Waals surface area contributed by atoms with E-state index in [2.05, 4.69) is 0 Å². The van der Waals surface area contributed by atoms with Crippen LogP contribution in [0, 0.1) is 0 Å². The van der Waals surface area contributed by atoms with Gasteiger partial charge in [-0.15, -0.1) is 0 Å². The SMILES string of the molecule is CN1CC(=O)N2C(CC(c3ccccc3)=C(N)C2c2ccc3c(c2)OCO3)C1=O.